The molecule has 3 nitrogen and oxygen atoms in total. The highest BCUT2D eigenvalue weighted by Gasteiger charge is 2.37. The van der Waals surface area contributed by atoms with Gasteiger partial charge >= 0.3 is 0 Å². The molecule has 0 radical (unpaired) electrons. The van der Waals surface area contributed by atoms with Crippen LogP contribution in [0.25, 0.3) is 0 Å². The first-order valence-electron chi connectivity index (χ1n) is 9.33. The van der Waals surface area contributed by atoms with E-state index in [1.807, 2.05) is 0 Å². The van der Waals surface area contributed by atoms with Crippen molar-refractivity contribution in [2.24, 2.45) is 11.3 Å². The lowest BCUT2D eigenvalue weighted by molar-refractivity contribution is 0.0796. The van der Waals surface area contributed by atoms with Gasteiger partial charge in [0.05, 0.1) is 0 Å². The third-order valence-electron chi connectivity index (χ3n) is 5.65. The highest BCUT2D eigenvalue weighted by molar-refractivity contribution is 4.93. The normalized spacial score (nSPS) is 27.6. The van der Waals surface area contributed by atoms with E-state index in [1.165, 1.54) is 84.3 Å². The Bertz CT molecular complexity index is 310. The van der Waals surface area contributed by atoms with E-state index in [1.54, 1.807) is 0 Å². The van der Waals surface area contributed by atoms with Crippen molar-refractivity contribution in [3.8, 4) is 0 Å². The van der Waals surface area contributed by atoms with E-state index in [0.29, 0.717) is 5.41 Å². The lowest BCUT2D eigenvalue weighted by Crippen LogP contribution is -2.51. The predicted molar refractivity (Wildman–Crippen MR) is 89.6 cm³/mol. The van der Waals surface area contributed by atoms with E-state index in [9.17, 15) is 0 Å². The molecular weight excluding hydrogens is 258 g/mol. The molecule has 1 aliphatic heterocycles. The lowest BCUT2D eigenvalue weighted by Gasteiger charge is -2.41. The van der Waals surface area contributed by atoms with Gasteiger partial charge in [0, 0.05) is 51.9 Å². The van der Waals surface area contributed by atoms with Gasteiger partial charge in [-0.3, -0.25) is 0 Å². The van der Waals surface area contributed by atoms with Crippen molar-refractivity contribution in [3.05, 3.63) is 0 Å². The van der Waals surface area contributed by atoms with Crippen LogP contribution in [0.2, 0.25) is 0 Å². The quantitative estimate of drug-likeness (QED) is 0.778. The van der Waals surface area contributed by atoms with Crippen molar-refractivity contribution < 1.29 is 0 Å². The molecule has 1 N–H and O–H groups in total. The van der Waals surface area contributed by atoms with Crippen LogP contribution in [0.3, 0.4) is 0 Å². The molecule has 2 aliphatic carbocycles. The first kappa shape index (κ1) is 15.8. The average molecular weight is 293 g/mol. The number of rotatable bonds is 7. The molecule has 122 valence electrons. The minimum absolute atomic E-state index is 0.600. The Balaban J connectivity index is 1.45. The van der Waals surface area contributed by atoms with Crippen LogP contribution < -0.4 is 5.32 Å². The standard InChI is InChI=1S/C18H35N3/c1-16(2)13-20-9-11-21(12-10-20)15-18(7-3-4-8-18)14-19-17-5-6-17/h16-17,19H,3-15H2,1-2H3. The Morgan fingerprint density at radius 1 is 1.00 bits per heavy atom. The summed E-state index contributed by atoms with van der Waals surface area (Å²) in [5, 5.41) is 3.83. The molecule has 0 aromatic heterocycles. The maximum Gasteiger partial charge on any atom is 0.0110 e. The van der Waals surface area contributed by atoms with E-state index in [0.717, 1.165) is 12.0 Å². The fraction of sp³-hybridized carbons (Fsp3) is 1.00. The van der Waals surface area contributed by atoms with Crippen LogP contribution in [-0.2, 0) is 0 Å². The predicted octanol–water partition coefficient (Wildman–Crippen LogP) is 2.57. The zero-order chi connectivity index (χ0) is 14.7. The van der Waals surface area contributed by atoms with E-state index < -0.39 is 0 Å². The van der Waals surface area contributed by atoms with E-state index in [2.05, 4.69) is 29.0 Å². The second kappa shape index (κ2) is 6.97. The fourth-order valence-electron chi connectivity index (χ4n) is 4.28. The van der Waals surface area contributed by atoms with Crippen molar-refractivity contribution in [3.63, 3.8) is 0 Å². The van der Waals surface area contributed by atoms with Crippen LogP contribution in [-0.4, -0.2) is 61.7 Å². The fourth-order valence-corrected chi connectivity index (χ4v) is 4.28. The van der Waals surface area contributed by atoms with Gasteiger partial charge in [-0.15, -0.1) is 0 Å². The molecule has 1 heterocycles. The van der Waals surface area contributed by atoms with Gasteiger partial charge in [-0.2, -0.15) is 0 Å². The smallest absolute Gasteiger partial charge is 0.0110 e. The van der Waals surface area contributed by atoms with Gasteiger partial charge < -0.3 is 15.1 Å². The highest BCUT2D eigenvalue weighted by Crippen LogP contribution is 2.39. The molecule has 3 rings (SSSR count). The molecule has 0 aromatic rings. The largest absolute Gasteiger partial charge is 0.313 e. The number of hydrogen-bond acceptors (Lipinski definition) is 3. The zero-order valence-corrected chi connectivity index (χ0v) is 14.2. The summed E-state index contributed by atoms with van der Waals surface area (Å²) in [5.74, 6) is 0.806. The summed E-state index contributed by atoms with van der Waals surface area (Å²) in [6, 6.07) is 0.866. The molecule has 0 bridgehead atoms. The van der Waals surface area contributed by atoms with E-state index >= 15 is 0 Å². The molecule has 0 amide bonds. The lowest BCUT2D eigenvalue weighted by atomic mass is 9.85. The first-order valence-corrected chi connectivity index (χ1v) is 9.33. The van der Waals surface area contributed by atoms with Crippen LogP contribution in [0.4, 0.5) is 0 Å². The van der Waals surface area contributed by atoms with Gasteiger partial charge in [-0.1, -0.05) is 26.7 Å². The molecular formula is C18H35N3. The van der Waals surface area contributed by atoms with E-state index in [-0.39, 0.29) is 0 Å². The SMILES string of the molecule is CC(C)CN1CCN(CC2(CNC3CC3)CCCC2)CC1. The van der Waals surface area contributed by atoms with Crippen LogP contribution in [0.5, 0.6) is 0 Å². The second-order valence-electron chi connectivity index (χ2n) is 8.33. The Hall–Kier alpha value is -0.120. The van der Waals surface area contributed by atoms with Crippen LogP contribution >= 0.6 is 0 Å². The third-order valence-corrected chi connectivity index (χ3v) is 5.65. The summed E-state index contributed by atoms with van der Waals surface area (Å²) in [6.45, 7) is 13.7. The van der Waals surface area contributed by atoms with Crippen LogP contribution in [0.1, 0.15) is 52.4 Å². The van der Waals surface area contributed by atoms with Gasteiger partial charge in [0.15, 0.2) is 0 Å². The minimum atomic E-state index is 0.600. The second-order valence-corrected chi connectivity index (χ2v) is 8.33. The summed E-state index contributed by atoms with van der Waals surface area (Å²) in [6.07, 6.45) is 8.67. The van der Waals surface area contributed by atoms with Crippen molar-refractivity contribution >= 4 is 0 Å². The maximum atomic E-state index is 3.83. The maximum absolute atomic E-state index is 3.83. The molecule has 3 fully saturated rings. The first-order chi connectivity index (χ1) is 10.2. The van der Waals surface area contributed by atoms with Crippen molar-refractivity contribution in [2.75, 3.05) is 45.8 Å². The van der Waals surface area contributed by atoms with Crippen molar-refractivity contribution in [1.82, 2.24) is 15.1 Å². The van der Waals surface area contributed by atoms with Crippen molar-refractivity contribution in [1.29, 1.82) is 0 Å². The Kier molecular flexibility index (Phi) is 5.23. The molecule has 0 atom stereocenters. The summed E-state index contributed by atoms with van der Waals surface area (Å²) in [5.41, 5.74) is 0.600. The summed E-state index contributed by atoms with van der Waals surface area (Å²) < 4.78 is 0. The Labute approximate surface area is 131 Å². The minimum Gasteiger partial charge on any atom is -0.313 e. The zero-order valence-electron chi connectivity index (χ0n) is 14.2. The molecule has 2 saturated carbocycles. The molecule has 3 heteroatoms. The van der Waals surface area contributed by atoms with Crippen molar-refractivity contribution in [2.45, 2.75) is 58.4 Å². The van der Waals surface area contributed by atoms with Gasteiger partial charge in [-0.25, -0.2) is 0 Å². The Morgan fingerprint density at radius 2 is 1.62 bits per heavy atom. The van der Waals surface area contributed by atoms with E-state index in [4.69, 9.17) is 0 Å². The third kappa shape index (κ3) is 4.67. The molecule has 21 heavy (non-hydrogen) atoms. The molecule has 0 aromatic carbocycles. The Morgan fingerprint density at radius 3 is 2.19 bits per heavy atom. The van der Waals surface area contributed by atoms with Crippen LogP contribution in [0, 0.1) is 11.3 Å². The highest BCUT2D eigenvalue weighted by atomic mass is 15.3. The number of nitrogens with one attached hydrogen (secondary N) is 1. The summed E-state index contributed by atoms with van der Waals surface area (Å²) >= 11 is 0. The molecule has 0 spiro atoms. The van der Waals surface area contributed by atoms with Gasteiger partial charge in [-0.05, 0) is 37.0 Å². The number of hydrogen-bond donors (Lipinski definition) is 1. The summed E-state index contributed by atoms with van der Waals surface area (Å²) in [4.78, 5) is 5.42. The monoisotopic (exact) mass is 293 g/mol. The topological polar surface area (TPSA) is 18.5 Å². The van der Waals surface area contributed by atoms with Gasteiger partial charge in [0.25, 0.3) is 0 Å². The average Bonchev–Trinajstić information content (AvgIpc) is 3.18. The van der Waals surface area contributed by atoms with Crippen LogP contribution in [0.15, 0.2) is 0 Å². The number of nitrogens with zero attached hydrogens (tertiary/aromatic N) is 2. The van der Waals surface area contributed by atoms with Gasteiger partial charge in [0.2, 0.25) is 0 Å². The summed E-state index contributed by atoms with van der Waals surface area (Å²) in [7, 11) is 0. The molecule has 1 saturated heterocycles. The number of piperazine rings is 1. The molecule has 0 unspecified atom stereocenters. The van der Waals surface area contributed by atoms with Gasteiger partial charge in [0.1, 0.15) is 0 Å². The molecule has 3 aliphatic rings.